The van der Waals surface area contributed by atoms with Crippen LogP contribution in [0.1, 0.15) is 43.3 Å². The maximum atomic E-state index is 13.6. The smallest absolute Gasteiger partial charge is 0.478 e. The third-order valence-corrected chi connectivity index (χ3v) is 8.14. The van der Waals surface area contributed by atoms with Crippen molar-refractivity contribution in [2.45, 2.75) is 44.0 Å². The summed E-state index contributed by atoms with van der Waals surface area (Å²) in [5.74, 6) is 0.783. The predicted octanol–water partition coefficient (Wildman–Crippen LogP) is 6.30. The minimum atomic E-state index is -4.88. The van der Waals surface area contributed by atoms with Gasteiger partial charge in [-0.1, -0.05) is 12.1 Å². The molecule has 10 nitrogen and oxygen atoms in total. The first-order valence-corrected chi connectivity index (χ1v) is 14.1. The topological polar surface area (TPSA) is 89.7 Å². The van der Waals surface area contributed by atoms with Crippen LogP contribution in [0.5, 0.6) is 11.6 Å². The van der Waals surface area contributed by atoms with E-state index in [1.54, 1.807) is 35.8 Å². The lowest BCUT2D eigenvalue weighted by Gasteiger charge is -2.14. The summed E-state index contributed by atoms with van der Waals surface area (Å²) in [7, 11) is 5.17. The van der Waals surface area contributed by atoms with Gasteiger partial charge in [-0.15, -0.1) is 18.3 Å². The van der Waals surface area contributed by atoms with E-state index in [2.05, 4.69) is 14.9 Å². The van der Waals surface area contributed by atoms with Crippen molar-refractivity contribution < 1.29 is 22.6 Å². The number of nitrogens with zero attached hydrogens (tertiary/aromatic N) is 8. The van der Waals surface area contributed by atoms with Crippen LogP contribution in [0.2, 0.25) is 0 Å². The van der Waals surface area contributed by atoms with Crippen LogP contribution < -0.4 is 9.47 Å². The van der Waals surface area contributed by atoms with Crippen LogP contribution in [0, 0.1) is 0 Å². The zero-order valence-electron chi connectivity index (χ0n) is 23.6. The number of methoxy groups -OCH3 is 1. The Balaban J connectivity index is 1.30. The first-order chi connectivity index (χ1) is 20.7. The molecule has 4 heterocycles. The highest BCUT2D eigenvalue weighted by Gasteiger charge is 2.36. The number of hydrogen-bond donors (Lipinski definition) is 0. The highest BCUT2D eigenvalue weighted by atomic mass is 19.4. The molecule has 2 aliphatic carbocycles. The first kappa shape index (κ1) is 25.9. The van der Waals surface area contributed by atoms with Crippen molar-refractivity contribution in [3.05, 3.63) is 54.6 Å². The quantitative estimate of drug-likeness (QED) is 0.218. The maximum absolute atomic E-state index is 13.6. The summed E-state index contributed by atoms with van der Waals surface area (Å²) < 4.78 is 57.9. The van der Waals surface area contributed by atoms with Crippen molar-refractivity contribution in [1.29, 1.82) is 0 Å². The van der Waals surface area contributed by atoms with E-state index < -0.39 is 6.36 Å². The Hall–Kier alpha value is -4.81. The van der Waals surface area contributed by atoms with Gasteiger partial charge in [0.25, 0.3) is 5.88 Å². The van der Waals surface area contributed by atoms with E-state index in [-0.39, 0.29) is 17.2 Å². The van der Waals surface area contributed by atoms with Gasteiger partial charge in [0, 0.05) is 60.5 Å². The van der Waals surface area contributed by atoms with E-state index in [1.165, 1.54) is 6.07 Å². The number of fused-ring (bicyclic) bond motifs is 2. The van der Waals surface area contributed by atoms with Gasteiger partial charge in [0.05, 0.1) is 41.6 Å². The van der Waals surface area contributed by atoms with Crippen molar-refractivity contribution in [1.82, 2.24) is 38.9 Å². The Labute approximate surface area is 243 Å². The summed E-state index contributed by atoms with van der Waals surface area (Å²) in [6, 6.07) is 9.20. The Morgan fingerprint density at radius 2 is 1.72 bits per heavy atom. The van der Waals surface area contributed by atoms with Crippen molar-refractivity contribution in [3.63, 3.8) is 0 Å². The Kier molecular flexibility index (Phi) is 5.47. The second-order valence-corrected chi connectivity index (χ2v) is 11.3. The molecule has 220 valence electrons. The lowest BCUT2D eigenvalue weighted by molar-refractivity contribution is -0.274. The molecule has 6 aromatic rings. The van der Waals surface area contributed by atoms with Crippen LogP contribution in [0.15, 0.2) is 48.9 Å². The molecule has 0 radical (unpaired) electrons. The highest BCUT2D eigenvalue weighted by molar-refractivity contribution is 5.95. The number of ether oxygens (including phenoxy) is 2. The average Bonchev–Trinajstić information content (AvgIpc) is 3.82. The third-order valence-electron chi connectivity index (χ3n) is 8.14. The average molecular weight is 589 g/mol. The molecule has 8 rings (SSSR count). The minimum absolute atomic E-state index is 0.244. The molecule has 0 aliphatic heterocycles. The molecule has 2 saturated carbocycles. The fraction of sp³-hybridized carbons (Fsp3) is 0.333. The Morgan fingerprint density at radius 3 is 2.44 bits per heavy atom. The van der Waals surface area contributed by atoms with Crippen LogP contribution >= 0.6 is 0 Å². The van der Waals surface area contributed by atoms with E-state index in [0.29, 0.717) is 28.6 Å². The van der Waals surface area contributed by atoms with E-state index in [9.17, 15) is 13.2 Å². The van der Waals surface area contributed by atoms with Gasteiger partial charge in [-0.05, 0) is 37.8 Å². The first-order valence-electron chi connectivity index (χ1n) is 14.1. The van der Waals surface area contributed by atoms with E-state index >= 15 is 0 Å². The third kappa shape index (κ3) is 4.41. The molecule has 4 aromatic heterocycles. The van der Waals surface area contributed by atoms with Gasteiger partial charge < -0.3 is 14.0 Å². The van der Waals surface area contributed by atoms with E-state index in [1.807, 2.05) is 46.9 Å². The fourth-order valence-electron chi connectivity index (χ4n) is 5.90. The zero-order valence-corrected chi connectivity index (χ0v) is 23.6. The van der Waals surface area contributed by atoms with Gasteiger partial charge in [-0.2, -0.15) is 10.2 Å². The SMILES string of the molecule is COc1nn(C2CC2)cc1-n1cc2c(-c3nc(-c4cc5cn(C)nc5cc4OC(F)(F)F)n(C)c3C3CC3)cccc2n1. The van der Waals surface area contributed by atoms with Gasteiger partial charge >= 0.3 is 6.36 Å². The van der Waals surface area contributed by atoms with Crippen molar-refractivity contribution in [3.8, 4) is 40.0 Å². The second kappa shape index (κ2) is 9.09. The molecular formula is C30H27F3N8O2. The minimum Gasteiger partial charge on any atom is -0.478 e. The zero-order chi connectivity index (χ0) is 29.6. The number of rotatable bonds is 7. The van der Waals surface area contributed by atoms with Gasteiger partial charge in [-0.25, -0.2) is 9.67 Å². The van der Waals surface area contributed by atoms with E-state index in [0.717, 1.165) is 59.2 Å². The summed E-state index contributed by atoms with van der Waals surface area (Å²) in [6.45, 7) is 0. The largest absolute Gasteiger partial charge is 0.573 e. The second-order valence-electron chi connectivity index (χ2n) is 11.3. The molecule has 2 fully saturated rings. The molecule has 43 heavy (non-hydrogen) atoms. The highest BCUT2D eigenvalue weighted by Crippen LogP contribution is 2.48. The Bertz CT molecular complexity index is 2040. The number of benzene rings is 2. The molecular weight excluding hydrogens is 561 g/mol. The molecule has 0 atom stereocenters. The molecule has 2 aromatic carbocycles. The van der Waals surface area contributed by atoms with Crippen molar-refractivity contribution in [2.75, 3.05) is 7.11 Å². The lowest BCUT2D eigenvalue weighted by atomic mass is 10.0. The molecule has 0 saturated heterocycles. The molecule has 0 spiro atoms. The maximum Gasteiger partial charge on any atom is 0.573 e. The molecule has 0 bridgehead atoms. The summed E-state index contributed by atoms with van der Waals surface area (Å²) in [4.78, 5) is 5.03. The van der Waals surface area contributed by atoms with Crippen molar-refractivity contribution in [2.24, 2.45) is 14.1 Å². The van der Waals surface area contributed by atoms with Crippen LogP contribution in [0.25, 0.3) is 50.1 Å². The van der Waals surface area contributed by atoms with Crippen LogP contribution in [0.4, 0.5) is 13.2 Å². The summed E-state index contributed by atoms with van der Waals surface area (Å²) in [6.07, 6.45) is 4.91. The van der Waals surface area contributed by atoms with Crippen molar-refractivity contribution >= 4 is 21.8 Å². The molecule has 2 aliphatic rings. The number of aromatic nitrogens is 8. The molecule has 0 N–H and O–H groups in total. The van der Waals surface area contributed by atoms with Gasteiger partial charge in [0.15, 0.2) is 0 Å². The fourth-order valence-corrected chi connectivity index (χ4v) is 5.90. The van der Waals surface area contributed by atoms with Crippen LogP contribution in [0.3, 0.4) is 0 Å². The predicted molar refractivity (Wildman–Crippen MR) is 152 cm³/mol. The van der Waals surface area contributed by atoms with Gasteiger partial charge in [-0.3, -0.25) is 9.36 Å². The van der Waals surface area contributed by atoms with Crippen LogP contribution in [-0.4, -0.2) is 52.4 Å². The lowest BCUT2D eigenvalue weighted by Crippen LogP contribution is -2.18. The standard InChI is InChI=1S/C30H27F3N8O2/c1-38-13-17-11-20(25(12-23(17)35-38)43-30(31,32)33)28-34-26(27(39(28)2)16-7-8-16)19-5-4-6-22-21(19)14-41(36-22)24-15-40(18-9-10-18)37-29(24)42-3/h4-6,11-16,18H,7-10H2,1-3H3. The number of imidazole rings is 1. The molecule has 0 amide bonds. The normalized spacial score (nSPS) is 15.6. The summed E-state index contributed by atoms with van der Waals surface area (Å²) in [5.41, 5.74) is 4.67. The van der Waals surface area contributed by atoms with Gasteiger partial charge in [0.1, 0.15) is 17.3 Å². The number of hydrogen-bond acceptors (Lipinski definition) is 6. The summed E-state index contributed by atoms with van der Waals surface area (Å²) in [5, 5.41) is 15.3. The number of halogens is 3. The molecule has 13 heteroatoms. The number of aryl methyl sites for hydroxylation is 1. The molecule has 0 unspecified atom stereocenters. The van der Waals surface area contributed by atoms with E-state index in [4.69, 9.17) is 14.8 Å². The Morgan fingerprint density at radius 1 is 0.907 bits per heavy atom. The number of alkyl halides is 3. The van der Waals surface area contributed by atoms with Gasteiger partial charge in [0.2, 0.25) is 0 Å². The summed E-state index contributed by atoms with van der Waals surface area (Å²) >= 11 is 0. The van der Waals surface area contributed by atoms with Crippen LogP contribution in [-0.2, 0) is 14.1 Å². The monoisotopic (exact) mass is 588 g/mol.